The van der Waals surface area contributed by atoms with Crippen LogP contribution in [0.1, 0.15) is 36.0 Å². The number of allylic oxidation sites excluding steroid dienone is 1. The quantitative estimate of drug-likeness (QED) is 0.597. The smallest absolute Gasteiger partial charge is 0.417 e. The summed E-state index contributed by atoms with van der Waals surface area (Å²) >= 11 is 0. The van der Waals surface area contributed by atoms with E-state index in [2.05, 4.69) is 4.90 Å². The lowest BCUT2D eigenvalue weighted by atomic mass is 9.74. The summed E-state index contributed by atoms with van der Waals surface area (Å²) in [7, 11) is 0. The third-order valence-electron chi connectivity index (χ3n) is 6.24. The Hall–Kier alpha value is -2.51. The Balaban J connectivity index is 0.00000289. The first-order valence-electron chi connectivity index (χ1n) is 10.3. The highest BCUT2D eigenvalue weighted by atomic mass is 35.5. The molecule has 1 N–H and O–H groups in total. The van der Waals surface area contributed by atoms with Gasteiger partial charge in [0.05, 0.1) is 18.6 Å². The van der Waals surface area contributed by atoms with Crippen LogP contribution in [-0.4, -0.2) is 48.4 Å². The number of rotatable bonds is 5. The van der Waals surface area contributed by atoms with E-state index in [0.717, 1.165) is 31.5 Å². The maximum absolute atomic E-state index is 13.7. The van der Waals surface area contributed by atoms with Crippen molar-refractivity contribution in [3.8, 4) is 5.75 Å². The van der Waals surface area contributed by atoms with Crippen LogP contribution >= 0.6 is 12.4 Å². The second-order valence-corrected chi connectivity index (χ2v) is 8.23. The van der Waals surface area contributed by atoms with E-state index >= 15 is 0 Å². The van der Waals surface area contributed by atoms with E-state index < -0.39 is 17.7 Å². The van der Waals surface area contributed by atoms with Crippen molar-refractivity contribution in [2.45, 2.75) is 30.9 Å². The monoisotopic (exact) mass is 467 g/mol. The summed E-state index contributed by atoms with van der Waals surface area (Å²) in [5.74, 6) is -0.161. The Labute approximate surface area is 191 Å². The number of hydrogen-bond acceptors (Lipinski definition) is 3. The molecule has 2 aliphatic rings. The van der Waals surface area contributed by atoms with E-state index in [1.807, 2.05) is 6.07 Å². The largest absolute Gasteiger partial charge is 0.492 e. The highest BCUT2D eigenvalue weighted by molar-refractivity contribution is 5.85. The summed E-state index contributed by atoms with van der Waals surface area (Å²) in [6.45, 7) is 2.60. The van der Waals surface area contributed by atoms with Gasteiger partial charge in [-0.2, -0.15) is 13.2 Å². The molecule has 0 atom stereocenters. The van der Waals surface area contributed by atoms with Crippen LogP contribution in [0.3, 0.4) is 0 Å². The van der Waals surface area contributed by atoms with Crippen LogP contribution in [0.4, 0.5) is 13.2 Å². The highest BCUT2D eigenvalue weighted by Crippen LogP contribution is 2.46. The first kappa shape index (κ1) is 24.1. The lowest BCUT2D eigenvalue weighted by molar-refractivity contribution is -0.137. The molecule has 4 rings (SSSR count). The van der Waals surface area contributed by atoms with Gasteiger partial charge >= 0.3 is 12.1 Å². The van der Waals surface area contributed by atoms with Gasteiger partial charge in [0.15, 0.2) is 0 Å². The fraction of sp³-hybridized carbons (Fsp3) is 0.375. The topological polar surface area (TPSA) is 49.8 Å². The number of piperidine rings is 1. The zero-order valence-electron chi connectivity index (χ0n) is 17.4. The van der Waals surface area contributed by atoms with Crippen LogP contribution in [0.2, 0.25) is 0 Å². The van der Waals surface area contributed by atoms with E-state index in [1.165, 1.54) is 18.2 Å². The minimum absolute atomic E-state index is 0. The van der Waals surface area contributed by atoms with Gasteiger partial charge in [-0.3, -0.25) is 4.79 Å². The molecule has 1 fully saturated rings. The van der Waals surface area contributed by atoms with E-state index in [-0.39, 0.29) is 29.8 Å². The van der Waals surface area contributed by atoms with Gasteiger partial charge in [0.25, 0.3) is 0 Å². The van der Waals surface area contributed by atoms with E-state index in [4.69, 9.17) is 9.84 Å². The van der Waals surface area contributed by atoms with Crippen LogP contribution in [0, 0.1) is 0 Å². The molecule has 32 heavy (non-hydrogen) atoms. The Morgan fingerprint density at radius 1 is 1.12 bits per heavy atom. The summed E-state index contributed by atoms with van der Waals surface area (Å²) in [4.78, 5) is 12.9. The zero-order valence-corrected chi connectivity index (χ0v) is 18.2. The normalized spacial score (nSPS) is 18.0. The van der Waals surface area contributed by atoms with Crippen LogP contribution < -0.4 is 4.74 Å². The van der Waals surface area contributed by atoms with E-state index in [1.54, 1.807) is 30.3 Å². The average Bonchev–Trinajstić information content (AvgIpc) is 3.09. The maximum Gasteiger partial charge on any atom is 0.417 e. The molecule has 172 valence electrons. The molecule has 0 saturated carbocycles. The molecular formula is C24H25ClF3NO3. The van der Waals surface area contributed by atoms with Crippen molar-refractivity contribution < 1.29 is 27.8 Å². The van der Waals surface area contributed by atoms with E-state index in [9.17, 15) is 18.0 Å². The van der Waals surface area contributed by atoms with Gasteiger partial charge in [-0.15, -0.1) is 12.4 Å². The van der Waals surface area contributed by atoms with Crippen molar-refractivity contribution in [2.24, 2.45) is 0 Å². The summed E-state index contributed by atoms with van der Waals surface area (Å²) in [5, 5.41) is 8.87. The van der Waals surface area contributed by atoms with Crippen molar-refractivity contribution in [3.05, 3.63) is 65.2 Å². The standard InChI is InChI=1S/C24H24F3NO3.ClH/c25-24(26,27)20(18-4-2-1-3-5-18)14-17-6-7-19-21(15-17)31-16-23(19)9-12-28(13-10-23)11-8-22(29)30;/h1-7,14-15H,8-13,16H2,(H,29,30);1H/b20-14-;. The molecule has 1 spiro atoms. The lowest BCUT2D eigenvalue weighted by Crippen LogP contribution is -2.44. The minimum Gasteiger partial charge on any atom is -0.492 e. The second-order valence-electron chi connectivity index (χ2n) is 8.23. The summed E-state index contributed by atoms with van der Waals surface area (Å²) in [6.07, 6.45) is -1.50. The Kier molecular flexibility index (Phi) is 7.20. The lowest BCUT2D eigenvalue weighted by Gasteiger charge is -2.38. The molecule has 0 radical (unpaired) electrons. The number of carbonyl (C=O) groups is 1. The summed E-state index contributed by atoms with van der Waals surface area (Å²) in [5.41, 5.74) is 0.777. The summed E-state index contributed by atoms with van der Waals surface area (Å²) < 4.78 is 46.9. The van der Waals surface area contributed by atoms with Gasteiger partial charge in [0.2, 0.25) is 0 Å². The fourth-order valence-electron chi connectivity index (χ4n) is 4.47. The third-order valence-corrected chi connectivity index (χ3v) is 6.24. The van der Waals surface area contributed by atoms with Crippen LogP contribution in [0.15, 0.2) is 48.5 Å². The maximum atomic E-state index is 13.7. The number of carboxylic acid groups (broad SMARTS) is 1. The first-order chi connectivity index (χ1) is 14.8. The van der Waals surface area contributed by atoms with Crippen molar-refractivity contribution in [1.29, 1.82) is 0 Å². The van der Waals surface area contributed by atoms with Crippen molar-refractivity contribution in [2.75, 3.05) is 26.2 Å². The Morgan fingerprint density at radius 2 is 1.81 bits per heavy atom. The molecule has 2 aromatic rings. The number of benzene rings is 2. The zero-order chi connectivity index (χ0) is 22.1. The first-order valence-corrected chi connectivity index (χ1v) is 10.3. The average molecular weight is 468 g/mol. The number of carboxylic acids is 1. The number of ether oxygens (including phenoxy) is 1. The third kappa shape index (κ3) is 5.10. The van der Waals surface area contributed by atoms with Crippen molar-refractivity contribution in [3.63, 3.8) is 0 Å². The predicted molar refractivity (Wildman–Crippen MR) is 119 cm³/mol. The number of nitrogens with zero attached hydrogens (tertiary/aromatic N) is 1. The molecule has 1 saturated heterocycles. The van der Waals surface area contributed by atoms with Crippen LogP contribution in [-0.2, 0) is 10.2 Å². The van der Waals surface area contributed by atoms with Crippen molar-refractivity contribution in [1.82, 2.24) is 4.90 Å². The SMILES string of the molecule is Cl.O=C(O)CCN1CCC2(CC1)COc1cc(/C=C(/c3ccccc3)C(F)(F)F)ccc12. The molecule has 0 bridgehead atoms. The molecular weight excluding hydrogens is 443 g/mol. The Bertz CT molecular complexity index is 984. The fourth-order valence-corrected chi connectivity index (χ4v) is 4.47. The molecule has 8 heteroatoms. The number of aliphatic carboxylic acids is 1. The van der Waals surface area contributed by atoms with Gasteiger partial charge in [-0.1, -0.05) is 42.5 Å². The number of halogens is 4. The second kappa shape index (κ2) is 9.55. The molecule has 2 aliphatic heterocycles. The van der Waals surface area contributed by atoms with Crippen LogP contribution in [0.25, 0.3) is 11.6 Å². The highest BCUT2D eigenvalue weighted by Gasteiger charge is 2.43. The van der Waals surface area contributed by atoms with Gasteiger partial charge in [-0.25, -0.2) is 0 Å². The van der Waals surface area contributed by atoms with Gasteiger partial charge in [0.1, 0.15) is 5.75 Å². The Morgan fingerprint density at radius 3 is 2.44 bits per heavy atom. The van der Waals surface area contributed by atoms with Gasteiger partial charge in [-0.05, 0) is 49.2 Å². The molecule has 0 aromatic heterocycles. The van der Waals surface area contributed by atoms with Gasteiger partial charge < -0.3 is 14.7 Å². The van der Waals surface area contributed by atoms with Crippen molar-refractivity contribution >= 4 is 30.0 Å². The predicted octanol–water partition coefficient (Wildman–Crippen LogP) is 5.41. The number of hydrogen-bond donors (Lipinski definition) is 1. The number of fused-ring (bicyclic) bond motifs is 2. The molecule has 0 amide bonds. The molecule has 4 nitrogen and oxygen atoms in total. The minimum atomic E-state index is -4.47. The number of alkyl halides is 3. The number of likely N-dealkylation sites (tertiary alicyclic amines) is 1. The summed E-state index contributed by atoms with van der Waals surface area (Å²) in [6, 6.07) is 13.1. The molecule has 2 heterocycles. The molecule has 2 aromatic carbocycles. The van der Waals surface area contributed by atoms with Crippen LogP contribution in [0.5, 0.6) is 5.75 Å². The molecule has 0 aliphatic carbocycles. The van der Waals surface area contributed by atoms with E-state index in [0.29, 0.717) is 24.5 Å². The van der Waals surface area contributed by atoms with Gasteiger partial charge in [0, 0.05) is 17.5 Å². The molecule has 0 unspecified atom stereocenters.